The van der Waals surface area contributed by atoms with Gasteiger partial charge < -0.3 is 10.6 Å². The maximum Gasteiger partial charge on any atom is 0.315 e. The van der Waals surface area contributed by atoms with E-state index in [1.54, 1.807) is 12.4 Å². The van der Waals surface area contributed by atoms with Gasteiger partial charge in [0, 0.05) is 35.9 Å². The molecule has 0 spiro atoms. The topological polar surface area (TPSA) is 54.0 Å². The van der Waals surface area contributed by atoms with Crippen LogP contribution in [0, 0.1) is 0 Å². The van der Waals surface area contributed by atoms with Crippen LogP contribution in [0.4, 0.5) is 4.79 Å². The maximum absolute atomic E-state index is 11.9. The lowest BCUT2D eigenvalue weighted by Crippen LogP contribution is -2.39. The number of pyridine rings is 1. The quantitative estimate of drug-likeness (QED) is 0.889. The Hall–Kier alpha value is -2.07. The van der Waals surface area contributed by atoms with Gasteiger partial charge in [0.25, 0.3) is 0 Å². The maximum atomic E-state index is 11.9. The normalized spacial score (nSPS) is 15.1. The molecule has 0 bridgehead atoms. The molecule has 22 heavy (non-hydrogen) atoms. The standard InChI is InChI=1S/C17H18ClN3O/c18-15-3-1-14(2-4-15)17(7-8-17)12-21-16(22)20-11-13-5-9-19-10-6-13/h1-6,9-10H,7-8,11-12H2,(H2,20,21,22). The molecular weight excluding hydrogens is 298 g/mol. The van der Waals surface area contributed by atoms with Crippen molar-refractivity contribution in [2.75, 3.05) is 6.54 Å². The first-order valence-electron chi connectivity index (χ1n) is 7.35. The highest BCUT2D eigenvalue weighted by molar-refractivity contribution is 6.30. The van der Waals surface area contributed by atoms with E-state index in [0.29, 0.717) is 13.1 Å². The summed E-state index contributed by atoms with van der Waals surface area (Å²) in [6, 6.07) is 11.5. The average Bonchev–Trinajstić information content (AvgIpc) is 3.34. The summed E-state index contributed by atoms with van der Waals surface area (Å²) in [6.07, 6.45) is 5.63. The number of nitrogens with zero attached hydrogens (tertiary/aromatic N) is 1. The van der Waals surface area contributed by atoms with E-state index in [1.807, 2.05) is 36.4 Å². The first-order valence-corrected chi connectivity index (χ1v) is 7.72. The number of carbonyl (C=O) groups is 1. The highest BCUT2D eigenvalue weighted by Gasteiger charge is 2.44. The van der Waals surface area contributed by atoms with E-state index < -0.39 is 0 Å². The third-order valence-electron chi connectivity index (χ3n) is 4.10. The van der Waals surface area contributed by atoms with Crippen molar-refractivity contribution in [2.45, 2.75) is 24.8 Å². The molecule has 1 heterocycles. The van der Waals surface area contributed by atoms with Crippen LogP contribution >= 0.6 is 11.6 Å². The van der Waals surface area contributed by atoms with Crippen LogP contribution < -0.4 is 10.6 Å². The summed E-state index contributed by atoms with van der Waals surface area (Å²) < 4.78 is 0. The van der Waals surface area contributed by atoms with Crippen molar-refractivity contribution in [1.29, 1.82) is 0 Å². The van der Waals surface area contributed by atoms with Crippen LogP contribution in [-0.4, -0.2) is 17.6 Å². The van der Waals surface area contributed by atoms with Crippen LogP contribution in [0.2, 0.25) is 5.02 Å². The van der Waals surface area contributed by atoms with Gasteiger partial charge in [0.1, 0.15) is 0 Å². The first kappa shape index (κ1) is 14.9. The summed E-state index contributed by atoms with van der Waals surface area (Å²) in [5.41, 5.74) is 2.36. The number of aromatic nitrogens is 1. The Morgan fingerprint density at radius 1 is 1.09 bits per heavy atom. The molecule has 1 aliphatic rings. The van der Waals surface area contributed by atoms with Crippen LogP contribution in [0.25, 0.3) is 0 Å². The van der Waals surface area contributed by atoms with E-state index in [0.717, 1.165) is 23.4 Å². The largest absolute Gasteiger partial charge is 0.337 e. The molecule has 0 radical (unpaired) electrons. The zero-order valence-electron chi connectivity index (χ0n) is 12.2. The SMILES string of the molecule is O=C(NCc1ccncc1)NCC1(c2ccc(Cl)cc2)CC1. The summed E-state index contributed by atoms with van der Waals surface area (Å²) in [5.74, 6) is 0. The summed E-state index contributed by atoms with van der Waals surface area (Å²) in [5, 5.41) is 6.57. The molecule has 0 unspecified atom stereocenters. The summed E-state index contributed by atoms with van der Waals surface area (Å²) in [4.78, 5) is 15.9. The minimum absolute atomic E-state index is 0.0819. The minimum Gasteiger partial charge on any atom is -0.337 e. The number of halogens is 1. The number of urea groups is 1. The third-order valence-corrected chi connectivity index (χ3v) is 4.35. The number of amides is 2. The zero-order chi connectivity index (χ0) is 15.4. The molecule has 0 saturated heterocycles. The molecule has 1 fully saturated rings. The Labute approximate surface area is 134 Å². The number of nitrogens with one attached hydrogen (secondary N) is 2. The summed E-state index contributed by atoms with van der Waals surface area (Å²) in [7, 11) is 0. The Morgan fingerprint density at radius 3 is 2.41 bits per heavy atom. The Bertz CT molecular complexity index is 639. The number of hydrogen-bond donors (Lipinski definition) is 2. The van der Waals surface area contributed by atoms with Crippen LogP contribution in [0.3, 0.4) is 0 Å². The molecule has 1 aromatic carbocycles. The van der Waals surface area contributed by atoms with Crippen molar-refractivity contribution in [3.05, 3.63) is 64.9 Å². The molecule has 5 heteroatoms. The van der Waals surface area contributed by atoms with E-state index in [-0.39, 0.29) is 11.4 Å². The second-order valence-electron chi connectivity index (χ2n) is 5.68. The second kappa shape index (κ2) is 6.36. The van der Waals surface area contributed by atoms with Crippen LogP contribution in [0.1, 0.15) is 24.0 Å². The van der Waals surface area contributed by atoms with Gasteiger partial charge in [-0.05, 0) is 48.2 Å². The number of hydrogen-bond acceptors (Lipinski definition) is 2. The van der Waals surface area contributed by atoms with Gasteiger partial charge in [0.05, 0.1) is 0 Å². The monoisotopic (exact) mass is 315 g/mol. The highest BCUT2D eigenvalue weighted by Crippen LogP contribution is 2.47. The lowest BCUT2D eigenvalue weighted by Gasteiger charge is -2.17. The van der Waals surface area contributed by atoms with E-state index in [1.165, 1.54) is 5.56 Å². The van der Waals surface area contributed by atoms with Gasteiger partial charge >= 0.3 is 6.03 Å². The van der Waals surface area contributed by atoms with Crippen molar-refractivity contribution < 1.29 is 4.79 Å². The zero-order valence-corrected chi connectivity index (χ0v) is 12.9. The van der Waals surface area contributed by atoms with Crippen LogP contribution in [0.5, 0.6) is 0 Å². The molecule has 2 aromatic rings. The van der Waals surface area contributed by atoms with Crippen molar-refractivity contribution in [1.82, 2.24) is 15.6 Å². The van der Waals surface area contributed by atoms with Gasteiger partial charge in [0.2, 0.25) is 0 Å². The molecule has 3 rings (SSSR count). The third kappa shape index (κ3) is 3.57. The second-order valence-corrected chi connectivity index (χ2v) is 6.12. The van der Waals surface area contributed by atoms with Crippen molar-refractivity contribution in [3.63, 3.8) is 0 Å². The van der Waals surface area contributed by atoms with E-state index in [4.69, 9.17) is 11.6 Å². The lowest BCUT2D eigenvalue weighted by atomic mass is 9.96. The fourth-order valence-corrected chi connectivity index (χ4v) is 2.64. The number of rotatable bonds is 5. The Balaban J connectivity index is 1.49. The Kier molecular flexibility index (Phi) is 4.29. The van der Waals surface area contributed by atoms with Gasteiger partial charge in [0.15, 0.2) is 0 Å². The summed E-state index contributed by atoms with van der Waals surface area (Å²) in [6.45, 7) is 1.15. The predicted molar refractivity (Wildman–Crippen MR) is 86.8 cm³/mol. The van der Waals surface area contributed by atoms with Gasteiger partial charge in [-0.15, -0.1) is 0 Å². The molecule has 2 amide bonds. The van der Waals surface area contributed by atoms with Crippen molar-refractivity contribution in [3.8, 4) is 0 Å². The van der Waals surface area contributed by atoms with Gasteiger partial charge in [-0.2, -0.15) is 0 Å². The van der Waals surface area contributed by atoms with E-state index >= 15 is 0 Å². The molecular formula is C17H18ClN3O. The van der Waals surface area contributed by atoms with E-state index in [9.17, 15) is 4.79 Å². The fraction of sp³-hybridized carbons (Fsp3) is 0.294. The molecule has 0 atom stereocenters. The Morgan fingerprint density at radius 2 is 1.77 bits per heavy atom. The van der Waals surface area contributed by atoms with Gasteiger partial charge in [-0.25, -0.2) is 4.79 Å². The van der Waals surface area contributed by atoms with Gasteiger partial charge in [-0.3, -0.25) is 4.98 Å². The fourth-order valence-electron chi connectivity index (χ4n) is 2.52. The van der Waals surface area contributed by atoms with Gasteiger partial charge in [-0.1, -0.05) is 23.7 Å². The minimum atomic E-state index is -0.142. The molecule has 1 saturated carbocycles. The summed E-state index contributed by atoms with van der Waals surface area (Å²) >= 11 is 5.92. The van der Waals surface area contributed by atoms with Crippen LogP contribution in [0.15, 0.2) is 48.8 Å². The predicted octanol–water partition coefficient (Wildman–Crippen LogP) is 3.27. The molecule has 4 nitrogen and oxygen atoms in total. The molecule has 1 aliphatic carbocycles. The van der Waals surface area contributed by atoms with Crippen molar-refractivity contribution >= 4 is 17.6 Å². The smallest absolute Gasteiger partial charge is 0.315 e. The molecule has 0 aliphatic heterocycles. The van der Waals surface area contributed by atoms with Crippen LogP contribution in [-0.2, 0) is 12.0 Å². The lowest BCUT2D eigenvalue weighted by molar-refractivity contribution is 0.239. The average molecular weight is 316 g/mol. The van der Waals surface area contributed by atoms with E-state index in [2.05, 4.69) is 15.6 Å². The molecule has 2 N–H and O–H groups in total. The first-order chi connectivity index (χ1) is 10.7. The van der Waals surface area contributed by atoms with Crippen molar-refractivity contribution in [2.24, 2.45) is 0 Å². The number of carbonyl (C=O) groups excluding carboxylic acids is 1. The molecule has 1 aromatic heterocycles. The number of benzene rings is 1. The molecule has 114 valence electrons. The highest BCUT2D eigenvalue weighted by atomic mass is 35.5.